The number of rotatable bonds is 4. The van der Waals surface area contributed by atoms with Crippen LogP contribution in [0.5, 0.6) is 0 Å². The van der Waals surface area contributed by atoms with Crippen LogP contribution in [0.2, 0.25) is 0 Å². The van der Waals surface area contributed by atoms with Gasteiger partial charge < -0.3 is 11.1 Å². The fourth-order valence-electron chi connectivity index (χ4n) is 1.72. The van der Waals surface area contributed by atoms with E-state index in [0.29, 0.717) is 11.3 Å². The first-order chi connectivity index (χ1) is 9.79. The normalized spacial score (nSPS) is 12.9. The molecule has 1 heterocycles. The molecule has 1 atom stereocenters. The van der Waals surface area contributed by atoms with Gasteiger partial charge in [0, 0.05) is 10.6 Å². The lowest BCUT2D eigenvalue weighted by molar-refractivity contribution is -0.117. The van der Waals surface area contributed by atoms with Gasteiger partial charge in [0.25, 0.3) is 0 Å². The molecule has 0 radical (unpaired) electrons. The standard InChI is InChI=1S/C13H15N3O3S2/c1-8-4-5-9(21(15,18)19)7-10(8)16-13(17)12(14)11-3-2-6-20-11/h2-7,12H,14H2,1H3,(H,16,17)(H2,15,18,19). The third-order valence-corrected chi connectivity index (χ3v) is 4.79. The molecule has 2 rings (SSSR count). The highest BCUT2D eigenvalue weighted by molar-refractivity contribution is 7.89. The predicted octanol–water partition coefficient (Wildman–Crippen LogP) is 1.34. The van der Waals surface area contributed by atoms with Crippen molar-refractivity contribution in [2.75, 3.05) is 5.32 Å². The lowest BCUT2D eigenvalue weighted by atomic mass is 10.2. The Bertz CT molecular complexity index is 755. The van der Waals surface area contributed by atoms with Crippen molar-refractivity contribution in [1.82, 2.24) is 0 Å². The van der Waals surface area contributed by atoms with Gasteiger partial charge in [-0.15, -0.1) is 11.3 Å². The molecule has 2 aromatic rings. The number of thiophene rings is 1. The summed E-state index contributed by atoms with van der Waals surface area (Å²) in [6.45, 7) is 1.75. The molecule has 1 unspecified atom stereocenters. The number of hydrogen-bond donors (Lipinski definition) is 3. The van der Waals surface area contributed by atoms with Gasteiger partial charge >= 0.3 is 0 Å². The van der Waals surface area contributed by atoms with Crippen LogP contribution < -0.4 is 16.2 Å². The molecule has 0 saturated carbocycles. The third kappa shape index (κ3) is 3.67. The molecule has 0 saturated heterocycles. The largest absolute Gasteiger partial charge is 0.324 e. The van der Waals surface area contributed by atoms with Gasteiger partial charge in [0.2, 0.25) is 15.9 Å². The van der Waals surface area contributed by atoms with Gasteiger partial charge in [-0.25, -0.2) is 13.6 Å². The minimum atomic E-state index is -3.82. The monoisotopic (exact) mass is 325 g/mol. The van der Waals surface area contributed by atoms with Crippen LogP contribution >= 0.6 is 11.3 Å². The van der Waals surface area contributed by atoms with Crippen LogP contribution in [0.15, 0.2) is 40.6 Å². The highest BCUT2D eigenvalue weighted by Gasteiger charge is 2.18. The Morgan fingerprint density at radius 1 is 1.33 bits per heavy atom. The topological polar surface area (TPSA) is 115 Å². The molecule has 0 aliphatic carbocycles. The Kier molecular flexibility index (Phi) is 4.43. The van der Waals surface area contributed by atoms with Crippen LogP contribution in [0.3, 0.4) is 0 Å². The number of nitrogens with two attached hydrogens (primary N) is 2. The molecule has 5 N–H and O–H groups in total. The Labute approximate surface area is 126 Å². The van der Waals surface area contributed by atoms with Crippen molar-refractivity contribution < 1.29 is 13.2 Å². The second kappa shape index (κ2) is 5.94. The van der Waals surface area contributed by atoms with E-state index >= 15 is 0 Å². The van der Waals surface area contributed by atoms with Gasteiger partial charge in [-0.3, -0.25) is 4.79 Å². The third-order valence-electron chi connectivity index (χ3n) is 2.93. The van der Waals surface area contributed by atoms with E-state index in [1.54, 1.807) is 25.1 Å². The molecule has 112 valence electrons. The number of anilines is 1. The van der Waals surface area contributed by atoms with E-state index in [2.05, 4.69) is 5.32 Å². The average Bonchev–Trinajstić information content (AvgIpc) is 2.92. The number of sulfonamides is 1. The van der Waals surface area contributed by atoms with Crippen LogP contribution in [0.25, 0.3) is 0 Å². The van der Waals surface area contributed by atoms with Crippen molar-refractivity contribution >= 4 is 33.0 Å². The number of hydrogen-bond acceptors (Lipinski definition) is 5. The summed E-state index contributed by atoms with van der Waals surface area (Å²) in [7, 11) is -3.82. The van der Waals surface area contributed by atoms with E-state index in [1.165, 1.54) is 23.5 Å². The molecule has 0 aliphatic rings. The highest BCUT2D eigenvalue weighted by Crippen LogP contribution is 2.22. The van der Waals surface area contributed by atoms with Gasteiger partial charge in [-0.1, -0.05) is 12.1 Å². The quantitative estimate of drug-likeness (QED) is 0.786. The molecule has 1 aromatic carbocycles. The van der Waals surface area contributed by atoms with E-state index in [9.17, 15) is 13.2 Å². The zero-order chi connectivity index (χ0) is 15.6. The summed E-state index contributed by atoms with van der Waals surface area (Å²) in [5, 5.41) is 9.54. The minimum Gasteiger partial charge on any atom is -0.324 e. The number of carbonyl (C=O) groups excluding carboxylic acids is 1. The van der Waals surface area contributed by atoms with E-state index in [-0.39, 0.29) is 4.90 Å². The van der Waals surface area contributed by atoms with E-state index in [0.717, 1.165) is 4.88 Å². The number of amides is 1. The molecule has 6 nitrogen and oxygen atoms in total. The predicted molar refractivity (Wildman–Crippen MR) is 82.4 cm³/mol. The molecule has 0 spiro atoms. The first kappa shape index (κ1) is 15.6. The first-order valence-corrected chi connectivity index (χ1v) is 8.45. The zero-order valence-electron chi connectivity index (χ0n) is 11.2. The zero-order valence-corrected chi connectivity index (χ0v) is 12.9. The SMILES string of the molecule is Cc1ccc(S(N)(=O)=O)cc1NC(=O)C(N)c1cccs1. The second-order valence-corrected chi connectivity index (χ2v) is 7.04. The lowest BCUT2D eigenvalue weighted by Crippen LogP contribution is -2.27. The molecule has 0 bridgehead atoms. The van der Waals surface area contributed by atoms with Crippen molar-refractivity contribution in [1.29, 1.82) is 0 Å². The van der Waals surface area contributed by atoms with Crippen LogP contribution in [0.4, 0.5) is 5.69 Å². The van der Waals surface area contributed by atoms with E-state index in [1.807, 2.05) is 5.38 Å². The first-order valence-electron chi connectivity index (χ1n) is 6.02. The number of benzene rings is 1. The Morgan fingerprint density at radius 3 is 2.62 bits per heavy atom. The summed E-state index contributed by atoms with van der Waals surface area (Å²) >= 11 is 1.38. The van der Waals surface area contributed by atoms with Crippen LogP contribution in [0, 0.1) is 6.92 Å². The smallest absolute Gasteiger partial charge is 0.246 e. The molecule has 8 heteroatoms. The van der Waals surface area contributed by atoms with Crippen molar-refractivity contribution in [3.05, 3.63) is 46.2 Å². The summed E-state index contributed by atoms with van der Waals surface area (Å²) in [6, 6.07) is 7.06. The van der Waals surface area contributed by atoms with Gasteiger partial charge in [0.15, 0.2) is 0 Å². The molecule has 1 amide bonds. The Hall–Kier alpha value is -1.74. The molecular weight excluding hydrogens is 310 g/mol. The number of aryl methyl sites for hydroxylation is 1. The fourth-order valence-corrected chi connectivity index (χ4v) is 2.99. The number of primary sulfonamides is 1. The molecule has 0 aliphatic heterocycles. The number of carbonyl (C=O) groups is 1. The van der Waals surface area contributed by atoms with Crippen molar-refractivity contribution in [2.45, 2.75) is 17.9 Å². The lowest BCUT2D eigenvalue weighted by Gasteiger charge is -2.13. The average molecular weight is 325 g/mol. The van der Waals surface area contributed by atoms with Crippen molar-refractivity contribution in [3.8, 4) is 0 Å². The second-order valence-electron chi connectivity index (χ2n) is 4.50. The van der Waals surface area contributed by atoms with E-state index in [4.69, 9.17) is 10.9 Å². The van der Waals surface area contributed by atoms with Crippen LogP contribution in [-0.2, 0) is 14.8 Å². The maximum Gasteiger partial charge on any atom is 0.246 e. The maximum atomic E-state index is 12.1. The number of nitrogens with one attached hydrogen (secondary N) is 1. The van der Waals surface area contributed by atoms with Crippen molar-refractivity contribution in [2.24, 2.45) is 10.9 Å². The molecule has 1 aromatic heterocycles. The molecule has 0 fully saturated rings. The Balaban J connectivity index is 2.25. The van der Waals surface area contributed by atoms with E-state index < -0.39 is 22.0 Å². The van der Waals surface area contributed by atoms with Gasteiger partial charge in [0.05, 0.1) is 4.90 Å². The summed E-state index contributed by atoms with van der Waals surface area (Å²) < 4.78 is 22.7. The van der Waals surface area contributed by atoms with Gasteiger partial charge in [0.1, 0.15) is 6.04 Å². The molecule has 21 heavy (non-hydrogen) atoms. The van der Waals surface area contributed by atoms with Crippen LogP contribution in [-0.4, -0.2) is 14.3 Å². The summed E-state index contributed by atoms with van der Waals surface area (Å²) in [5.74, 6) is -0.410. The van der Waals surface area contributed by atoms with Gasteiger partial charge in [-0.2, -0.15) is 0 Å². The summed E-state index contributed by atoms with van der Waals surface area (Å²) in [4.78, 5) is 12.8. The van der Waals surface area contributed by atoms with Crippen LogP contribution in [0.1, 0.15) is 16.5 Å². The summed E-state index contributed by atoms with van der Waals surface area (Å²) in [6.07, 6.45) is 0. The fraction of sp³-hybridized carbons (Fsp3) is 0.154. The minimum absolute atomic E-state index is 0.0619. The molecular formula is C13H15N3O3S2. The maximum absolute atomic E-state index is 12.1. The highest BCUT2D eigenvalue weighted by atomic mass is 32.2. The van der Waals surface area contributed by atoms with Gasteiger partial charge in [-0.05, 0) is 36.1 Å². The van der Waals surface area contributed by atoms with Crippen molar-refractivity contribution in [3.63, 3.8) is 0 Å². The Morgan fingerprint density at radius 2 is 2.05 bits per heavy atom. The summed E-state index contributed by atoms with van der Waals surface area (Å²) in [5.41, 5.74) is 6.95.